The van der Waals surface area contributed by atoms with Gasteiger partial charge < -0.3 is 14.2 Å². The van der Waals surface area contributed by atoms with Crippen LogP contribution < -0.4 is 14.2 Å². The summed E-state index contributed by atoms with van der Waals surface area (Å²) >= 11 is 0. The third-order valence-corrected chi connectivity index (χ3v) is 3.56. The molecule has 0 fully saturated rings. The Hall–Kier alpha value is -3.48. The van der Waals surface area contributed by atoms with Gasteiger partial charge in [-0.25, -0.2) is 9.18 Å². The van der Waals surface area contributed by atoms with Crippen molar-refractivity contribution in [3.63, 3.8) is 0 Å². The van der Waals surface area contributed by atoms with Crippen LogP contribution in [-0.4, -0.2) is 30.4 Å². The third-order valence-electron chi connectivity index (χ3n) is 3.56. The number of carbonyl (C=O) groups excluding carboxylic acids is 1. The van der Waals surface area contributed by atoms with Gasteiger partial charge in [-0.1, -0.05) is 0 Å². The van der Waals surface area contributed by atoms with Crippen molar-refractivity contribution in [3.8, 4) is 28.6 Å². The molecule has 3 rings (SSSR count). The van der Waals surface area contributed by atoms with Crippen LogP contribution in [0.2, 0.25) is 0 Å². The van der Waals surface area contributed by atoms with Gasteiger partial charge in [-0.15, -0.1) is 10.2 Å². The summed E-state index contributed by atoms with van der Waals surface area (Å²) < 4.78 is 28.5. The molecule has 0 atom stereocenters. The molecule has 1 heterocycles. The molecule has 7 heteroatoms. The lowest BCUT2D eigenvalue weighted by molar-refractivity contribution is 0.0725. The Kier molecular flexibility index (Phi) is 5.07. The number of nitrogens with zero attached hydrogens (tertiary/aromatic N) is 2. The Labute approximate surface area is 149 Å². The molecule has 0 saturated carbocycles. The van der Waals surface area contributed by atoms with E-state index in [1.807, 2.05) is 0 Å². The lowest BCUT2D eigenvalue weighted by atomic mass is 10.1. The second-order valence-electron chi connectivity index (χ2n) is 5.25. The van der Waals surface area contributed by atoms with Crippen LogP contribution in [0.25, 0.3) is 11.3 Å². The van der Waals surface area contributed by atoms with E-state index in [-0.39, 0.29) is 17.3 Å². The van der Waals surface area contributed by atoms with Gasteiger partial charge in [0, 0.05) is 17.7 Å². The fraction of sp³-hybridized carbons (Fsp3) is 0.105. The summed E-state index contributed by atoms with van der Waals surface area (Å²) in [5, 5.41) is 7.87. The zero-order valence-electron chi connectivity index (χ0n) is 14.1. The first-order valence-electron chi connectivity index (χ1n) is 7.64. The quantitative estimate of drug-likeness (QED) is 0.653. The van der Waals surface area contributed by atoms with Crippen LogP contribution in [0.5, 0.6) is 17.4 Å². The van der Waals surface area contributed by atoms with Gasteiger partial charge in [-0.05, 0) is 42.5 Å². The topological polar surface area (TPSA) is 70.5 Å². The molecule has 0 N–H and O–H groups in total. The lowest BCUT2D eigenvalue weighted by Crippen LogP contribution is -2.10. The van der Waals surface area contributed by atoms with Crippen LogP contribution in [-0.2, 0) is 0 Å². The molecule has 0 bridgehead atoms. The summed E-state index contributed by atoms with van der Waals surface area (Å²) in [7, 11) is 2.98. The highest BCUT2D eigenvalue weighted by atomic mass is 19.1. The molecule has 0 aliphatic heterocycles. The van der Waals surface area contributed by atoms with Crippen molar-refractivity contribution in [1.29, 1.82) is 0 Å². The number of carbonyl (C=O) groups is 1. The predicted molar refractivity (Wildman–Crippen MR) is 91.9 cm³/mol. The SMILES string of the molecule is COc1cc(OC)cc(C(=O)Oc2ccc(-c3ccc(F)cc3)nn2)c1. The zero-order chi connectivity index (χ0) is 18.5. The molecule has 0 spiro atoms. The van der Waals surface area contributed by atoms with Gasteiger partial charge in [-0.3, -0.25) is 0 Å². The van der Waals surface area contributed by atoms with Crippen molar-refractivity contribution in [1.82, 2.24) is 10.2 Å². The number of ether oxygens (including phenoxy) is 3. The van der Waals surface area contributed by atoms with E-state index in [4.69, 9.17) is 14.2 Å². The molecule has 1 aromatic heterocycles. The molecule has 0 amide bonds. The molecule has 0 saturated heterocycles. The number of methoxy groups -OCH3 is 2. The van der Waals surface area contributed by atoms with E-state index in [2.05, 4.69) is 10.2 Å². The number of benzene rings is 2. The average Bonchev–Trinajstić information content (AvgIpc) is 2.68. The molecule has 0 unspecified atom stereocenters. The van der Waals surface area contributed by atoms with Crippen LogP contribution in [0, 0.1) is 5.82 Å². The maximum Gasteiger partial charge on any atom is 0.345 e. The number of hydrogen-bond donors (Lipinski definition) is 0. The van der Waals surface area contributed by atoms with E-state index >= 15 is 0 Å². The van der Waals surface area contributed by atoms with E-state index in [1.54, 1.807) is 24.3 Å². The van der Waals surface area contributed by atoms with Crippen molar-refractivity contribution in [3.05, 3.63) is 66.0 Å². The van der Waals surface area contributed by atoms with Crippen molar-refractivity contribution < 1.29 is 23.4 Å². The average molecular weight is 354 g/mol. The molecule has 0 aliphatic carbocycles. The van der Waals surface area contributed by atoms with Crippen molar-refractivity contribution in [2.24, 2.45) is 0 Å². The minimum Gasteiger partial charge on any atom is -0.497 e. The highest BCUT2D eigenvalue weighted by Crippen LogP contribution is 2.24. The molecule has 0 aliphatic rings. The summed E-state index contributed by atoms with van der Waals surface area (Å²) in [5.41, 5.74) is 1.49. The number of rotatable bonds is 5. The fourth-order valence-corrected chi connectivity index (χ4v) is 2.23. The first-order valence-corrected chi connectivity index (χ1v) is 7.64. The summed E-state index contributed by atoms with van der Waals surface area (Å²) in [6.07, 6.45) is 0. The van der Waals surface area contributed by atoms with E-state index in [1.165, 1.54) is 44.6 Å². The molecule has 0 radical (unpaired) electrons. The minimum absolute atomic E-state index is 0.0441. The minimum atomic E-state index is -0.619. The number of aromatic nitrogens is 2. The van der Waals surface area contributed by atoms with Crippen molar-refractivity contribution >= 4 is 5.97 Å². The van der Waals surface area contributed by atoms with Crippen molar-refractivity contribution in [2.45, 2.75) is 0 Å². The van der Waals surface area contributed by atoms with Gasteiger partial charge in [-0.2, -0.15) is 0 Å². The molecule has 132 valence electrons. The second-order valence-corrected chi connectivity index (χ2v) is 5.25. The Balaban J connectivity index is 1.76. The summed E-state index contributed by atoms with van der Waals surface area (Å²) in [4.78, 5) is 12.3. The maximum atomic E-state index is 13.0. The monoisotopic (exact) mass is 354 g/mol. The fourth-order valence-electron chi connectivity index (χ4n) is 2.23. The van der Waals surface area contributed by atoms with Crippen LogP contribution in [0.15, 0.2) is 54.6 Å². The molecule has 6 nitrogen and oxygen atoms in total. The molecular weight excluding hydrogens is 339 g/mol. The number of esters is 1. The Bertz CT molecular complexity index is 890. The van der Waals surface area contributed by atoms with Gasteiger partial charge in [0.1, 0.15) is 17.3 Å². The second kappa shape index (κ2) is 7.60. The number of hydrogen-bond acceptors (Lipinski definition) is 6. The Morgan fingerprint density at radius 3 is 2.08 bits per heavy atom. The van der Waals surface area contributed by atoms with Gasteiger partial charge in [0.25, 0.3) is 0 Å². The predicted octanol–water partition coefficient (Wildman–Crippen LogP) is 3.52. The maximum absolute atomic E-state index is 13.0. The van der Waals surface area contributed by atoms with Gasteiger partial charge in [0.2, 0.25) is 5.88 Å². The smallest absolute Gasteiger partial charge is 0.345 e. The normalized spacial score (nSPS) is 10.3. The van der Waals surface area contributed by atoms with Gasteiger partial charge in [0.15, 0.2) is 0 Å². The first-order chi connectivity index (χ1) is 12.6. The molecular formula is C19H15FN2O4. The largest absolute Gasteiger partial charge is 0.497 e. The number of halogens is 1. The molecule has 26 heavy (non-hydrogen) atoms. The highest BCUT2D eigenvalue weighted by Gasteiger charge is 2.13. The Morgan fingerprint density at radius 2 is 1.54 bits per heavy atom. The van der Waals surface area contributed by atoms with E-state index in [0.717, 1.165) is 0 Å². The Morgan fingerprint density at radius 1 is 0.885 bits per heavy atom. The highest BCUT2D eigenvalue weighted by molar-refractivity contribution is 5.91. The summed E-state index contributed by atoms with van der Waals surface area (Å²) in [6, 6.07) is 13.7. The van der Waals surface area contributed by atoms with Crippen LogP contribution in [0.1, 0.15) is 10.4 Å². The first kappa shape index (κ1) is 17.3. The molecule has 3 aromatic rings. The van der Waals surface area contributed by atoms with Crippen molar-refractivity contribution in [2.75, 3.05) is 14.2 Å². The summed E-state index contributed by atoms with van der Waals surface area (Å²) in [6.45, 7) is 0. The van der Waals surface area contributed by atoms with E-state index in [0.29, 0.717) is 22.8 Å². The van der Waals surface area contributed by atoms with Crippen LogP contribution >= 0.6 is 0 Å². The standard InChI is InChI=1S/C19H15FN2O4/c1-24-15-9-13(10-16(11-15)25-2)19(23)26-18-8-7-17(21-22-18)12-3-5-14(20)6-4-12/h3-11H,1-2H3. The summed E-state index contributed by atoms with van der Waals surface area (Å²) in [5.74, 6) is 0.0257. The van der Waals surface area contributed by atoms with E-state index < -0.39 is 5.97 Å². The van der Waals surface area contributed by atoms with Gasteiger partial charge in [0.05, 0.1) is 25.5 Å². The van der Waals surface area contributed by atoms with Gasteiger partial charge >= 0.3 is 5.97 Å². The van der Waals surface area contributed by atoms with Crippen LogP contribution in [0.3, 0.4) is 0 Å². The zero-order valence-corrected chi connectivity index (χ0v) is 14.1. The lowest BCUT2D eigenvalue weighted by Gasteiger charge is -2.08. The van der Waals surface area contributed by atoms with Crippen LogP contribution in [0.4, 0.5) is 4.39 Å². The molecule has 2 aromatic carbocycles. The van der Waals surface area contributed by atoms with E-state index in [9.17, 15) is 9.18 Å². The third kappa shape index (κ3) is 3.94.